The molecular weight excluding hydrogens is 324 g/mol. The Morgan fingerprint density at radius 1 is 1.12 bits per heavy atom. The molecule has 1 aliphatic carbocycles. The molecule has 1 atom stereocenters. The number of aryl methyl sites for hydroxylation is 1. The van der Waals surface area contributed by atoms with E-state index in [2.05, 4.69) is 36.1 Å². The van der Waals surface area contributed by atoms with Gasteiger partial charge in [0.1, 0.15) is 0 Å². The molecule has 146 valence electrons. The molecule has 0 spiro atoms. The Hall–Kier alpha value is -1.36. The molecule has 3 rings (SSSR count). The maximum Gasteiger partial charge on any atom is 0.222 e. The monoisotopic (exact) mass is 360 g/mol. The Labute approximate surface area is 158 Å². The van der Waals surface area contributed by atoms with Gasteiger partial charge in [-0.3, -0.25) is 9.48 Å². The number of hydrogen-bond donors (Lipinski definition) is 1. The van der Waals surface area contributed by atoms with E-state index in [9.17, 15) is 4.79 Å². The minimum atomic E-state index is -0.00954. The molecule has 0 aromatic carbocycles. The van der Waals surface area contributed by atoms with E-state index in [1.54, 1.807) is 0 Å². The third-order valence-corrected chi connectivity index (χ3v) is 6.53. The minimum Gasteiger partial charge on any atom is -0.349 e. The van der Waals surface area contributed by atoms with E-state index in [-0.39, 0.29) is 17.5 Å². The molecule has 5 heteroatoms. The Kier molecular flexibility index (Phi) is 6.06. The summed E-state index contributed by atoms with van der Waals surface area (Å²) >= 11 is 0. The molecule has 26 heavy (non-hydrogen) atoms. The van der Waals surface area contributed by atoms with Gasteiger partial charge in [0, 0.05) is 18.7 Å². The first kappa shape index (κ1) is 19.4. The lowest BCUT2D eigenvalue weighted by Crippen LogP contribution is -2.56. The molecule has 2 heterocycles. The molecule has 1 aromatic rings. The number of amides is 1. The zero-order chi connectivity index (χ0) is 18.7. The van der Waals surface area contributed by atoms with Crippen molar-refractivity contribution in [2.24, 2.45) is 0 Å². The van der Waals surface area contributed by atoms with E-state index in [1.165, 1.54) is 56.5 Å². The molecule has 1 unspecified atom stereocenters. The summed E-state index contributed by atoms with van der Waals surface area (Å²) in [4.78, 5) is 15.5. The Balaban J connectivity index is 1.64. The average Bonchev–Trinajstić information content (AvgIpc) is 3.19. The number of carbonyl (C=O) groups is 1. The SMILES string of the molecule is Cc1nn(C(C)CC(=O)NC2(CN3CCCC3)CCCCC2)c(C)c1C. The van der Waals surface area contributed by atoms with Crippen LogP contribution in [-0.2, 0) is 4.79 Å². The van der Waals surface area contributed by atoms with Crippen LogP contribution in [0.3, 0.4) is 0 Å². The first-order valence-corrected chi connectivity index (χ1v) is 10.5. The van der Waals surface area contributed by atoms with Gasteiger partial charge in [0.2, 0.25) is 5.91 Å². The van der Waals surface area contributed by atoms with Gasteiger partial charge >= 0.3 is 0 Å². The van der Waals surface area contributed by atoms with Crippen molar-refractivity contribution >= 4 is 5.91 Å². The lowest BCUT2D eigenvalue weighted by atomic mass is 9.81. The second kappa shape index (κ2) is 8.12. The summed E-state index contributed by atoms with van der Waals surface area (Å²) in [6, 6.07) is 0.0924. The van der Waals surface area contributed by atoms with Gasteiger partial charge in [0.05, 0.1) is 17.3 Å². The molecule has 1 aromatic heterocycles. The molecule has 1 saturated heterocycles. The summed E-state index contributed by atoms with van der Waals surface area (Å²) in [7, 11) is 0. The Morgan fingerprint density at radius 2 is 1.77 bits per heavy atom. The molecular formula is C21H36N4O. The summed E-state index contributed by atoms with van der Waals surface area (Å²) < 4.78 is 2.03. The Morgan fingerprint density at radius 3 is 2.35 bits per heavy atom. The normalized spacial score (nSPS) is 21.7. The first-order chi connectivity index (χ1) is 12.4. The van der Waals surface area contributed by atoms with Crippen molar-refractivity contribution < 1.29 is 4.79 Å². The van der Waals surface area contributed by atoms with Crippen LogP contribution in [0.5, 0.6) is 0 Å². The van der Waals surface area contributed by atoms with E-state index in [0.717, 1.165) is 25.1 Å². The van der Waals surface area contributed by atoms with Crippen molar-refractivity contribution in [3.05, 3.63) is 17.0 Å². The number of nitrogens with one attached hydrogen (secondary N) is 1. The van der Waals surface area contributed by atoms with Gasteiger partial charge in [-0.05, 0) is 72.0 Å². The average molecular weight is 361 g/mol. The molecule has 1 saturated carbocycles. The lowest BCUT2D eigenvalue weighted by molar-refractivity contribution is -0.124. The summed E-state index contributed by atoms with van der Waals surface area (Å²) in [5.41, 5.74) is 3.46. The third kappa shape index (κ3) is 4.30. The summed E-state index contributed by atoms with van der Waals surface area (Å²) in [5.74, 6) is 0.184. The highest BCUT2D eigenvalue weighted by molar-refractivity contribution is 5.77. The molecule has 0 bridgehead atoms. The summed E-state index contributed by atoms with van der Waals surface area (Å²) in [5, 5.41) is 8.12. The highest BCUT2D eigenvalue weighted by Gasteiger charge is 2.36. The fourth-order valence-corrected chi connectivity index (χ4v) is 4.80. The highest BCUT2D eigenvalue weighted by Crippen LogP contribution is 2.30. The predicted octanol–water partition coefficient (Wildman–Crippen LogP) is 3.67. The zero-order valence-corrected chi connectivity index (χ0v) is 17.1. The topological polar surface area (TPSA) is 50.2 Å². The van der Waals surface area contributed by atoms with Crippen LogP contribution in [0, 0.1) is 20.8 Å². The zero-order valence-electron chi connectivity index (χ0n) is 17.1. The van der Waals surface area contributed by atoms with E-state index >= 15 is 0 Å². The van der Waals surface area contributed by atoms with Crippen LogP contribution in [0.25, 0.3) is 0 Å². The van der Waals surface area contributed by atoms with Crippen molar-refractivity contribution in [3.63, 3.8) is 0 Å². The second-order valence-electron chi connectivity index (χ2n) is 8.67. The molecule has 2 aliphatic rings. The van der Waals surface area contributed by atoms with Crippen LogP contribution in [0.1, 0.15) is 81.3 Å². The van der Waals surface area contributed by atoms with Crippen LogP contribution < -0.4 is 5.32 Å². The van der Waals surface area contributed by atoms with Gasteiger partial charge in [-0.15, -0.1) is 0 Å². The fourth-order valence-electron chi connectivity index (χ4n) is 4.80. The van der Waals surface area contributed by atoms with Crippen molar-refractivity contribution in [1.82, 2.24) is 20.0 Å². The highest BCUT2D eigenvalue weighted by atomic mass is 16.1. The number of likely N-dealkylation sites (tertiary alicyclic amines) is 1. The molecule has 1 amide bonds. The van der Waals surface area contributed by atoms with Gasteiger partial charge in [-0.1, -0.05) is 19.3 Å². The molecule has 0 radical (unpaired) electrons. The van der Waals surface area contributed by atoms with Crippen LogP contribution in [-0.4, -0.2) is 45.8 Å². The van der Waals surface area contributed by atoms with Crippen LogP contribution in [0.2, 0.25) is 0 Å². The maximum atomic E-state index is 12.9. The quantitative estimate of drug-likeness (QED) is 0.842. The van der Waals surface area contributed by atoms with Crippen LogP contribution >= 0.6 is 0 Å². The van der Waals surface area contributed by atoms with E-state index < -0.39 is 0 Å². The van der Waals surface area contributed by atoms with Crippen LogP contribution in [0.4, 0.5) is 0 Å². The fraction of sp³-hybridized carbons (Fsp3) is 0.810. The van der Waals surface area contributed by atoms with Crippen molar-refractivity contribution in [3.8, 4) is 0 Å². The maximum absolute atomic E-state index is 12.9. The number of aromatic nitrogens is 2. The second-order valence-corrected chi connectivity index (χ2v) is 8.67. The molecule has 2 fully saturated rings. The largest absolute Gasteiger partial charge is 0.349 e. The number of carbonyl (C=O) groups excluding carboxylic acids is 1. The lowest BCUT2D eigenvalue weighted by Gasteiger charge is -2.41. The first-order valence-electron chi connectivity index (χ1n) is 10.5. The number of hydrogen-bond acceptors (Lipinski definition) is 3. The van der Waals surface area contributed by atoms with Crippen molar-refractivity contribution in [1.29, 1.82) is 0 Å². The van der Waals surface area contributed by atoms with Crippen molar-refractivity contribution in [2.45, 2.75) is 90.6 Å². The number of nitrogens with zero attached hydrogens (tertiary/aromatic N) is 3. The van der Waals surface area contributed by atoms with E-state index in [1.807, 2.05) is 11.6 Å². The van der Waals surface area contributed by atoms with E-state index in [4.69, 9.17) is 0 Å². The smallest absolute Gasteiger partial charge is 0.222 e. The minimum absolute atomic E-state index is 0.00954. The summed E-state index contributed by atoms with van der Waals surface area (Å²) in [6.45, 7) is 11.8. The van der Waals surface area contributed by atoms with E-state index in [0.29, 0.717) is 6.42 Å². The standard InChI is InChI=1S/C21H36N4O/c1-16(25-19(4)17(2)18(3)23-25)14-20(26)22-21(10-6-5-7-11-21)15-24-12-8-9-13-24/h16H,5-15H2,1-4H3,(H,22,26). The third-order valence-electron chi connectivity index (χ3n) is 6.53. The van der Waals surface area contributed by atoms with Gasteiger partial charge < -0.3 is 10.2 Å². The molecule has 1 aliphatic heterocycles. The van der Waals surface area contributed by atoms with Gasteiger partial charge in [0.15, 0.2) is 0 Å². The number of rotatable bonds is 6. The van der Waals surface area contributed by atoms with Gasteiger partial charge in [-0.2, -0.15) is 5.10 Å². The Bertz CT molecular complexity index is 624. The van der Waals surface area contributed by atoms with Gasteiger partial charge in [0.25, 0.3) is 0 Å². The molecule has 5 nitrogen and oxygen atoms in total. The van der Waals surface area contributed by atoms with Crippen molar-refractivity contribution in [2.75, 3.05) is 19.6 Å². The van der Waals surface area contributed by atoms with Crippen LogP contribution in [0.15, 0.2) is 0 Å². The predicted molar refractivity (Wildman–Crippen MR) is 105 cm³/mol. The van der Waals surface area contributed by atoms with Gasteiger partial charge in [-0.25, -0.2) is 0 Å². The summed E-state index contributed by atoms with van der Waals surface area (Å²) in [6.07, 6.45) is 9.14. The molecule has 1 N–H and O–H groups in total.